The first kappa shape index (κ1) is 25.5. The zero-order valence-corrected chi connectivity index (χ0v) is 17.8. The molecular weight excluding hydrogens is 482 g/mol. The van der Waals surface area contributed by atoms with E-state index in [0.29, 0.717) is 12.1 Å². The summed E-state index contributed by atoms with van der Waals surface area (Å²) >= 11 is 0. The smallest absolute Gasteiger partial charge is 0.416 e. The Morgan fingerprint density at radius 1 is 0.886 bits per heavy atom. The van der Waals surface area contributed by atoms with Crippen LogP contribution in [0.5, 0.6) is 11.6 Å². The normalized spacial score (nSPS) is 11.6. The Kier molecular flexibility index (Phi) is 7.27. The second-order valence-corrected chi connectivity index (χ2v) is 7.14. The Morgan fingerprint density at radius 3 is 2.17 bits per heavy atom. The number of halogens is 6. The molecule has 3 aromatic rings. The minimum Gasteiger partial charge on any atom is -0.439 e. The number of alkyl halides is 6. The number of aromatic nitrogens is 2. The number of anilines is 2. The van der Waals surface area contributed by atoms with Crippen LogP contribution < -0.4 is 15.4 Å². The standard InChI is InChI=1S/C22H16F6N4O3/c1-12(33)31-18-10-20(30-11-29-18)35-16-6-4-15(5-7-16)32-19(34)8-13-2-3-14(21(23,24)25)9-17(13)22(26,27)28/h2-7,9-11H,8H2,1H3,(H,32,34)(H,29,30,31,33). The summed E-state index contributed by atoms with van der Waals surface area (Å²) < 4.78 is 83.7. The topological polar surface area (TPSA) is 93.2 Å². The molecular formula is C22H16F6N4O3. The Balaban J connectivity index is 1.68. The number of nitrogens with zero attached hydrogens (tertiary/aromatic N) is 2. The van der Waals surface area contributed by atoms with Crippen molar-refractivity contribution in [2.24, 2.45) is 0 Å². The predicted octanol–water partition coefficient (Wildman–Crippen LogP) is 5.45. The molecule has 7 nitrogen and oxygen atoms in total. The minimum absolute atomic E-state index is 0.0147. The van der Waals surface area contributed by atoms with Gasteiger partial charge in [-0.05, 0) is 42.0 Å². The quantitative estimate of drug-likeness (QED) is 0.441. The van der Waals surface area contributed by atoms with Crippen LogP contribution in [0.15, 0.2) is 54.9 Å². The molecule has 0 radical (unpaired) electrons. The van der Waals surface area contributed by atoms with E-state index in [1.54, 1.807) is 0 Å². The van der Waals surface area contributed by atoms with Crippen LogP contribution in [-0.4, -0.2) is 21.8 Å². The first-order valence-corrected chi connectivity index (χ1v) is 9.76. The molecule has 2 aromatic carbocycles. The monoisotopic (exact) mass is 498 g/mol. The van der Waals surface area contributed by atoms with E-state index in [0.717, 1.165) is 0 Å². The molecule has 1 aromatic heterocycles. The van der Waals surface area contributed by atoms with Crippen molar-refractivity contribution < 1.29 is 40.7 Å². The lowest BCUT2D eigenvalue weighted by Crippen LogP contribution is -2.19. The Labute approximate surface area is 194 Å². The maximum absolute atomic E-state index is 13.3. The number of carbonyl (C=O) groups is 2. The summed E-state index contributed by atoms with van der Waals surface area (Å²) in [5.41, 5.74) is -3.38. The zero-order chi connectivity index (χ0) is 25.8. The second-order valence-electron chi connectivity index (χ2n) is 7.14. The van der Waals surface area contributed by atoms with Crippen LogP contribution in [0.4, 0.5) is 37.8 Å². The maximum atomic E-state index is 13.3. The SMILES string of the molecule is CC(=O)Nc1cc(Oc2ccc(NC(=O)Cc3ccc(C(F)(F)F)cc3C(F)(F)F)cc2)ncn1. The van der Waals surface area contributed by atoms with E-state index in [4.69, 9.17) is 4.74 Å². The molecule has 0 aliphatic rings. The fourth-order valence-electron chi connectivity index (χ4n) is 2.92. The number of hydrogen-bond acceptors (Lipinski definition) is 5. The minimum atomic E-state index is -5.07. The molecule has 1 heterocycles. The van der Waals surface area contributed by atoms with Crippen molar-refractivity contribution in [3.05, 3.63) is 71.5 Å². The van der Waals surface area contributed by atoms with Crippen molar-refractivity contribution in [3.63, 3.8) is 0 Å². The van der Waals surface area contributed by atoms with Gasteiger partial charge < -0.3 is 15.4 Å². The van der Waals surface area contributed by atoms with Gasteiger partial charge in [-0.2, -0.15) is 26.3 Å². The zero-order valence-electron chi connectivity index (χ0n) is 17.8. The van der Waals surface area contributed by atoms with Gasteiger partial charge in [0.2, 0.25) is 17.7 Å². The summed E-state index contributed by atoms with van der Waals surface area (Å²) in [6, 6.07) is 8.18. The van der Waals surface area contributed by atoms with Gasteiger partial charge in [-0.25, -0.2) is 9.97 Å². The van der Waals surface area contributed by atoms with Gasteiger partial charge in [-0.15, -0.1) is 0 Å². The third-order valence-electron chi connectivity index (χ3n) is 4.40. The fourth-order valence-corrected chi connectivity index (χ4v) is 2.92. The van der Waals surface area contributed by atoms with Crippen LogP contribution in [0.1, 0.15) is 23.6 Å². The number of benzene rings is 2. The van der Waals surface area contributed by atoms with Crippen molar-refractivity contribution in [2.75, 3.05) is 10.6 Å². The highest BCUT2D eigenvalue weighted by Crippen LogP contribution is 2.37. The van der Waals surface area contributed by atoms with Crippen LogP contribution in [0.25, 0.3) is 0 Å². The summed E-state index contributed by atoms with van der Waals surface area (Å²) in [7, 11) is 0. The van der Waals surface area contributed by atoms with Crippen LogP contribution in [-0.2, 0) is 28.4 Å². The van der Waals surface area contributed by atoms with Crippen LogP contribution in [0.3, 0.4) is 0 Å². The van der Waals surface area contributed by atoms with Crippen LogP contribution in [0, 0.1) is 0 Å². The highest BCUT2D eigenvalue weighted by molar-refractivity contribution is 5.92. The highest BCUT2D eigenvalue weighted by atomic mass is 19.4. The van der Waals surface area contributed by atoms with Gasteiger partial charge in [0.1, 0.15) is 17.9 Å². The van der Waals surface area contributed by atoms with Crippen molar-refractivity contribution in [1.82, 2.24) is 9.97 Å². The average molecular weight is 498 g/mol. The number of rotatable bonds is 6. The molecule has 3 rings (SSSR count). The van der Waals surface area contributed by atoms with E-state index in [1.807, 2.05) is 0 Å². The van der Waals surface area contributed by atoms with Gasteiger partial charge in [0, 0.05) is 18.7 Å². The fraction of sp³-hybridized carbons (Fsp3) is 0.182. The first-order chi connectivity index (χ1) is 16.3. The van der Waals surface area contributed by atoms with E-state index >= 15 is 0 Å². The Bertz CT molecular complexity index is 1230. The van der Waals surface area contributed by atoms with Crippen molar-refractivity contribution in [3.8, 4) is 11.6 Å². The van der Waals surface area contributed by atoms with E-state index in [9.17, 15) is 35.9 Å². The summed E-state index contributed by atoms with van der Waals surface area (Å²) in [6.07, 6.45) is -9.65. The number of carbonyl (C=O) groups excluding carboxylic acids is 2. The maximum Gasteiger partial charge on any atom is 0.416 e. The highest BCUT2D eigenvalue weighted by Gasteiger charge is 2.38. The van der Waals surface area contributed by atoms with Gasteiger partial charge in [0.05, 0.1) is 17.5 Å². The molecule has 2 N–H and O–H groups in total. The van der Waals surface area contributed by atoms with E-state index in [1.165, 1.54) is 43.6 Å². The summed E-state index contributed by atoms with van der Waals surface area (Å²) in [5, 5.41) is 4.84. The van der Waals surface area contributed by atoms with Crippen LogP contribution >= 0.6 is 0 Å². The summed E-state index contributed by atoms with van der Waals surface area (Å²) in [5.74, 6) is -0.582. The number of nitrogens with one attached hydrogen (secondary N) is 2. The third kappa shape index (κ3) is 7.16. The first-order valence-electron chi connectivity index (χ1n) is 9.76. The van der Waals surface area contributed by atoms with Crippen LogP contribution in [0.2, 0.25) is 0 Å². The van der Waals surface area contributed by atoms with Crippen molar-refractivity contribution in [1.29, 1.82) is 0 Å². The lowest BCUT2D eigenvalue weighted by molar-refractivity contribution is -0.143. The Hall–Kier alpha value is -4.16. The molecule has 0 saturated heterocycles. The molecule has 2 amide bonds. The molecule has 0 spiro atoms. The summed E-state index contributed by atoms with van der Waals surface area (Å²) in [4.78, 5) is 31.1. The van der Waals surface area contributed by atoms with Gasteiger partial charge in [0.25, 0.3) is 0 Å². The number of ether oxygens (including phenoxy) is 1. The molecule has 13 heteroatoms. The Morgan fingerprint density at radius 2 is 1.57 bits per heavy atom. The lowest BCUT2D eigenvalue weighted by atomic mass is 10.00. The van der Waals surface area contributed by atoms with E-state index < -0.39 is 41.4 Å². The van der Waals surface area contributed by atoms with Gasteiger partial charge in [0.15, 0.2) is 0 Å². The third-order valence-corrected chi connectivity index (χ3v) is 4.40. The predicted molar refractivity (Wildman–Crippen MR) is 112 cm³/mol. The molecule has 0 aliphatic carbocycles. The van der Waals surface area contributed by atoms with Gasteiger partial charge in [-0.3, -0.25) is 9.59 Å². The average Bonchev–Trinajstić information content (AvgIpc) is 2.73. The lowest BCUT2D eigenvalue weighted by Gasteiger charge is -2.16. The number of hydrogen-bond donors (Lipinski definition) is 2. The molecule has 0 aliphatic heterocycles. The van der Waals surface area contributed by atoms with Gasteiger partial charge in [-0.1, -0.05) is 6.07 Å². The molecule has 35 heavy (non-hydrogen) atoms. The second kappa shape index (κ2) is 9.99. The number of amides is 2. The van der Waals surface area contributed by atoms with Gasteiger partial charge >= 0.3 is 12.4 Å². The molecule has 0 fully saturated rings. The molecule has 0 saturated carbocycles. The van der Waals surface area contributed by atoms with Crippen molar-refractivity contribution in [2.45, 2.75) is 25.7 Å². The van der Waals surface area contributed by atoms with Crippen molar-refractivity contribution >= 4 is 23.3 Å². The summed E-state index contributed by atoms with van der Waals surface area (Å²) in [6.45, 7) is 1.30. The molecule has 0 bridgehead atoms. The van der Waals surface area contributed by atoms with E-state index in [2.05, 4.69) is 20.6 Å². The van der Waals surface area contributed by atoms with E-state index in [-0.39, 0.29) is 35.1 Å². The molecule has 0 atom stereocenters. The molecule has 0 unspecified atom stereocenters. The molecule has 184 valence electrons. The largest absolute Gasteiger partial charge is 0.439 e.